The summed E-state index contributed by atoms with van der Waals surface area (Å²) in [5, 5.41) is 0. The third-order valence-corrected chi connectivity index (χ3v) is 5.91. The fraction of sp³-hybridized carbons (Fsp3) is 0.0526. The van der Waals surface area contributed by atoms with Crippen LogP contribution in [0, 0.1) is 14.1 Å². The molecule has 0 fully saturated rings. The van der Waals surface area contributed by atoms with E-state index in [0.29, 0.717) is 0 Å². The van der Waals surface area contributed by atoms with Crippen molar-refractivity contribution < 1.29 is 25.9 Å². The Balaban J connectivity index is 1.88. The molecule has 0 bridgehead atoms. The second-order valence-electron chi connectivity index (χ2n) is 4.69. The molecule has 0 aliphatic heterocycles. The SMILES string of the molecule is Cc1ccccc1Oc1ccccc1[I-]c1ccccc1. The van der Waals surface area contributed by atoms with Crippen molar-refractivity contribution in [2.24, 2.45) is 0 Å². The van der Waals surface area contributed by atoms with Crippen molar-refractivity contribution in [1.29, 1.82) is 0 Å². The molecule has 0 saturated carbocycles. The molecule has 3 aromatic rings. The van der Waals surface area contributed by atoms with Crippen molar-refractivity contribution in [3.05, 3.63) is 91.6 Å². The van der Waals surface area contributed by atoms with Gasteiger partial charge in [0, 0.05) is 0 Å². The van der Waals surface area contributed by atoms with Crippen LogP contribution in [-0.4, -0.2) is 0 Å². The predicted octanol–water partition coefficient (Wildman–Crippen LogP) is 1.92. The van der Waals surface area contributed by atoms with E-state index in [1.54, 1.807) is 0 Å². The van der Waals surface area contributed by atoms with Gasteiger partial charge in [0.15, 0.2) is 0 Å². The van der Waals surface area contributed by atoms with Crippen LogP contribution in [0.3, 0.4) is 0 Å². The van der Waals surface area contributed by atoms with Crippen LogP contribution in [0.4, 0.5) is 0 Å². The van der Waals surface area contributed by atoms with Crippen LogP contribution in [-0.2, 0) is 0 Å². The third kappa shape index (κ3) is 3.64. The van der Waals surface area contributed by atoms with Crippen LogP contribution < -0.4 is 25.9 Å². The molecule has 0 radical (unpaired) electrons. The maximum absolute atomic E-state index is 6.14. The van der Waals surface area contributed by atoms with Crippen molar-refractivity contribution in [2.75, 3.05) is 0 Å². The molecule has 0 spiro atoms. The molecular weight excluding hydrogens is 371 g/mol. The number of aryl methyl sites for hydroxylation is 1. The van der Waals surface area contributed by atoms with Gasteiger partial charge in [-0.3, -0.25) is 0 Å². The average Bonchev–Trinajstić information content (AvgIpc) is 2.52. The van der Waals surface area contributed by atoms with Gasteiger partial charge in [0.1, 0.15) is 0 Å². The Hall–Kier alpha value is -1.81. The zero-order valence-electron chi connectivity index (χ0n) is 11.8. The van der Waals surface area contributed by atoms with Crippen LogP contribution in [0.15, 0.2) is 78.9 Å². The molecule has 0 amide bonds. The molecule has 0 N–H and O–H groups in total. The number of halogens is 1. The predicted molar refractivity (Wildman–Crippen MR) is 81.5 cm³/mol. The first-order chi connectivity index (χ1) is 10.3. The molecule has 1 nitrogen and oxygen atoms in total. The standard InChI is InChI=1S/C19H16IO/c1-15-9-5-7-13-18(15)21-19-14-8-6-12-17(19)20-16-10-3-2-4-11-16/h2-14H,1H3/q-1. The van der Waals surface area contributed by atoms with Gasteiger partial charge in [-0.05, 0) is 0 Å². The fourth-order valence-corrected chi connectivity index (χ4v) is 4.38. The van der Waals surface area contributed by atoms with Gasteiger partial charge in [0.05, 0.1) is 0 Å². The van der Waals surface area contributed by atoms with E-state index in [2.05, 4.69) is 61.5 Å². The van der Waals surface area contributed by atoms with E-state index in [-0.39, 0.29) is 21.2 Å². The zero-order valence-corrected chi connectivity index (χ0v) is 13.9. The molecule has 0 aliphatic rings. The summed E-state index contributed by atoms with van der Waals surface area (Å²) in [6.45, 7) is 2.07. The third-order valence-electron chi connectivity index (χ3n) is 3.09. The van der Waals surface area contributed by atoms with Crippen LogP contribution >= 0.6 is 0 Å². The monoisotopic (exact) mass is 387 g/mol. The average molecular weight is 387 g/mol. The topological polar surface area (TPSA) is 9.23 Å². The number of hydrogen-bond acceptors (Lipinski definition) is 1. The summed E-state index contributed by atoms with van der Waals surface area (Å²) in [6.07, 6.45) is 0. The summed E-state index contributed by atoms with van der Waals surface area (Å²) in [5.74, 6) is 1.91. The first-order valence-electron chi connectivity index (χ1n) is 6.85. The Morgan fingerprint density at radius 3 is 2.05 bits per heavy atom. The van der Waals surface area contributed by atoms with Gasteiger partial charge in [0.25, 0.3) is 0 Å². The minimum atomic E-state index is -0.226. The van der Waals surface area contributed by atoms with E-state index in [1.807, 2.05) is 24.3 Å². The van der Waals surface area contributed by atoms with Crippen LogP contribution in [0.25, 0.3) is 0 Å². The number of benzene rings is 3. The Labute approximate surface area is 135 Å². The number of para-hydroxylation sites is 2. The fourth-order valence-electron chi connectivity index (χ4n) is 1.99. The van der Waals surface area contributed by atoms with Gasteiger partial charge in [-0.1, -0.05) is 0 Å². The Kier molecular flexibility index (Phi) is 4.55. The van der Waals surface area contributed by atoms with Crippen LogP contribution in [0.1, 0.15) is 5.56 Å². The summed E-state index contributed by atoms with van der Waals surface area (Å²) in [5.41, 5.74) is 1.16. The minimum absolute atomic E-state index is 0.226. The van der Waals surface area contributed by atoms with Crippen LogP contribution in [0.5, 0.6) is 11.5 Å². The molecule has 3 rings (SSSR count). The van der Waals surface area contributed by atoms with Gasteiger partial charge >= 0.3 is 136 Å². The molecular formula is C19H16IO-. The Morgan fingerprint density at radius 2 is 1.29 bits per heavy atom. The van der Waals surface area contributed by atoms with Crippen LogP contribution in [0.2, 0.25) is 0 Å². The molecule has 0 aromatic heterocycles. The number of ether oxygens (including phenoxy) is 1. The first-order valence-corrected chi connectivity index (χ1v) is 9.01. The van der Waals surface area contributed by atoms with Gasteiger partial charge in [-0.2, -0.15) is 0 Å². The second kappa shape index (κ2) is 6.76. The maximum atomic E-state index is 6.14. The molecule has 0 saturated heterocycles. The summed E-state index contributed by atoms with van der Waals surface area (Å²) in [4.78, 5) is 0. The van der Waals surface area contributed by atoms with E-state index in [0.717, 1.165) is 17.1 Å². The van der Waals surface area contributed by atoms with Crippen molar-refractivity contribution >= 4 is 0 Å². The number of hydrogen-bond donors (Lipinski definition) is 0. The van der Waals surface area contributed by atoms with Crippen molar-refractivity contribution in [1.82, 2.24) is 0 Å². The molecule has 3 aromatic carbocycles. The summed E-state index contributed by atoms with van der Waals surface area (Å²) < 4.78 is 8.85. The number of rotatable bonds is 4. The van der Waals surface area contributed by atoms with Crippen molar-refractivity contribution in [2.45, 2.75) is 6.92 Å². The van der Waals surface area contributed by atoms with E-state index in [9.17, 15) is 0 Å². The first kappa shape index (κ1) is 14.1. The molecule has 0 atom stereocenters. The quantitative estimate of drug-likeness (QED) is 0.622. The Morgan fingerprint density at radius 1 is 0.667 bits per heavy atom. The summed E-state index contributed by atoms with van der Waals surface area (Å²) in [7, 11) is 0. The van der Waals surface area contributed by atoms with E-state index >= 15 is 0 Å². The van der Waals surface area contributed by atoms with E-state index in [1.165, 1.54) is 7.14 Å². The van der Waals surface area contributed by atoms with Gasteiger partial charge in [-0.25, -0.2) is 0 Å². The molecule has 0 unspecified atom stereocenters. The molecule has 0 heterocycles. The summed E-state index contributed by atoms with van der Waals surface area (Å²) >= 11 is -0.226. The molecule has 21 heavy (non-hydrogen) atoms. The summed E-state index contributed by atoms with van der Waals surface area (Å²) in [6, 6.07) is 27.1. The van der Waals surface area contributed by atoms with Gasteiger partial charge < -0.3 is 0 Å². The van der Waals surface area contributed by atoms with Crippen molar-refractivity contribution in [3.8, 4) is 11.5 Å². The van der Waals surface area contributed by atoms with Crippen molar-refractivity contribution in [3.63, 3.8) is 0 Å². The Bertz CT molecular complexity index is 722. The normalized spacial score (nSPS) is 10.5. The van der Waals surface area contributed by atoms with Gasteiger partial charge in [-0.15, -0.1) is 0 Å². The molecule has 2 heteroatoms. The second-order valence-corrected chi connectivity index (χ2v) is 7.64. The van der Waals surface area contributed by atoms with Gasteiger partial charge in [0.2, 0.25) is 0 Å². The van der Waals surface area contributed by atoms with E-state index < -0.39 is 0 Å². The molecule has 0 aliphatic carbocycles. The molecule has 106 valence electrons. The zero-order chi connectivity index (χ0) is 14.5. The van der Waals surface area contributed by atoms with E-state index in [4.69, 9.17) is 4.74 Å².